The Bertz CT molecular complexity index is 276. The fourth-order valence-electron chi connectivity index (χ4n) is 2.17. The Labute approximate surface area is 121 Å². The van der Waals surface area contributed by atoms with Gasteiger partial charge in [0.2, 0.25) is 12.0 Å². The smallest absolute Gasteiger partial charge is 0.243 e. The van der Waals surface area contributed by atoms with Gasteiger partial charge in [0.05, 0.1) is 6.54 Å². The van der Waals surface area contributed by atoms with Gasteiger partial charge in [0.25, 0.3) is 0 Å². The molecule has 116 valence electrons. The van der Waals surface area contributed by atoms with Crippen molar-refractivity contribution in [2.45, 2.75) is 77.0 Å². The number of hydrogen-bond donors (Lipinski definition) is 2. The fraction of sp³-hybridized carbons (Fsp3) is 0.867. The Morgan fingerprint density at radius 3 is 1.75 bits per heavy atom. The summed E-state index contributed by atoms with van der Waals surface area (Å²) in [4.78, 5) is 24.1. The lowest BCUT2D eigenvalue weighted by molar-refractivity contribution is -0.129. The van der Waals surface area contributed by atoms with Gasteiger partial charge in [-0.3, -0.25) is 10.0 Å². The molecule has 20 heavy (non-hydrogen) atoms. The highest BCUT2D eigenvalue weighted by Gasteiger charge is 1.98. The van der Waals surface area contributed by atoms with Crippen molar-refractivity contribution in [3.8, 4) is 0 Å². The maximum absolute atomic E-state index is 10.7. The predicted octanol–water partition coefficient (Wildman–Crippen LogP) is 3.51. The maximum Gasteiger partial charge on any atom is 0.243 e. The van der Waals surface area contributed by atoms with Crippen LogP contribution in [0.3, 0.4) is 0 Å². The van der Waals surface area contributed by atoms with Crippen LogP contribution in [0.5, 0.6) is 0 Å². The lowest BCUT2D eigenvalue weighted by Gasteiger charge is -2.02. The van der Waals surface area contributed by atoms with E-state index in [1.807, 2.05) is 0 Å². The summed E-state index contributed by atoms with van der Waals surface area (Å²) in [5.74, 6) is -0.288. The third-order valence-electron chi connectivity index (χ3n) is 3.36. The van der Waals surface area contributed by atoms with E-state index in [0.29, 0.717) is 13.0 Å². The first-order chi connectivity index (χ1) is 9.81. The molecular weight excluding hydrogens is 256 g/mol. The molecule has 0 spiro atoms. The van der Waals surface area contributed by atoms with Gasteiger partial charge in [0.15, 0.2) is 0 Å². The van der Waals surface area contributed by atoms with Crippen LogP contribution in [0.1, 0.15) is 77.0 Å². The third kappa shape index (κ3) is 14.9. The van der Waals surface area contributed by atoms with Gasteiger partial charge >= 0.3 is 0 Å². The molecule has 5 heteroatoms. The molecule has 0 saturated heterocycles. The fourth-order valence-corrected chi connectivity index (χ4v) is 2.17. The van der Waals surface area contributed by atoms with Gasteiger partial charge in [0, 0.05) is 6.42 Å². The van der Waals surface area contributed by atoms with Gasteiger partial charge in [-0.05, 0) is 12.8 Å². The van der Waals surface area contributed by atoms with Crippen molar-refractivity contribution in [2.24, 2.45) is 4.99 Å². The summed E-state index contributed by atoms with van der Waals surface area (Å²) in [5, 5.41) is 8.32. The largest absolute Gasteiger partial charge is 0.289 e. The Morgan fingerprint density at radius 1 is 0.850 bits per heavy atom. The molecule has 0 rings (SSSR count). The molecule has 1 amide bonds. The number of aliphatic imine (C=N–C) groups is 1. The zero-order valence-electron chi connectivity index (χ0n) is 12.4. The van der Waals surface area contributed by atoms with Gasteiger partial charge < -0.3 is 0 Å². The number of unbranched alkanes of at least 4 members (excludes halogenated alkanes) is 10. The minimum atomic E-state index is -0.288. The topological polar surface area (TPSA) is 78.8 Å². The lowest BCUT2D eigenvalue weighted by atomic mass is 10.1. The highest BCUT2D eigenvalue weighted by atomic mass is 16.5. The number of nitrogens with zero attached hydrogens (tertiary/aromatic N) is 1. The first kappa shape index (κ1) is 18.8. The van der Waals surface area contributed by atoms with E-state index in [4.69, 9.17) is 5.21 Å². The molecule has 0 aromatic rings. The molecule has 0 radical (unpaired) electrons. The van der Waals surface area contributed by atoms with E-state index in [1.54, 1.807) is 11.6 Å². The molecule has 0 aliphatic heterocycles. The van der Waals surface area contributed by atoms with Crippen LogP contribution >= 0.6 is 0 Å². The van der Waals surface area contributed by atoms with E-state index in [-0.39, 0.29) is 5.91 Å². The summed E-state index contributed by atoms with van der Waals surface area (Å²) in [6, 6.07) is 0. The van der Waals surface area contributed by atoms with Crippen molar-refractivity contribution in [2.75, 3.05) is 6.54 Å². The SMILES string of the molecule is O=C=NCCCCCCCCCCCCCC(=O)NO. The van der Waals surface area contributed by atoms with Crippen LogP contribution in [0.15, 0.2) is 4.99 Å². The quantitative estimate of drug-likeness (QED) is 0.168. The highest BCUT2D eigenvalue weighted by Crippen LogP contribution is 2.11. The first-order valence-electron chi connectivity index (χ1n) is 7.78. The van der Waals surface area contributed by atoms with Crippen LogP contribution in [-0.2, 0) is 9.59 Å². The molecule has 0 saturated carbocycles. The molecule has 0 aromatic carbocycles. The Morgan fingerprint density at radius 2 is 1.30 bits per heavy atom. The predicted molar refractivity (Wildman–Crippen MR) is 78.3 cm³/mol. The van der Waals surface area contributed by atoms with Gasteiger partial charge in [-0.2, -0.15) is 0 Å². The van der Waals surface area contributed by atoms with Gasteiger partial charge in [-0.1, -0.05) is 57.8 Å². The molecule has 0 fully saturated rings. The molecule has 5 nitrogen and oxygen atoms in total. The number of isocyanates is 1. The van der Waals surface area contributed by atoms with Crippen LogP contribution in [-0.4, -0.2) is 23.7 Å². The highest BCUT2D eigenvalue weighted by molar-refractivity contribution is 5.74. The Balaban J connectivity index is 3.02. The molecule has 2 N–H and O–H groups in total. The van der Waals surface area contributed by atoms with Crippen molar-refractivity contribution in [3.05, 3.63) is 0 Å². The molecular formula is C15H28N2O3. The second-order valence-electron chi connectivity index (χ2n) is 5.15. The van der Waals surface area contributed by atoms with Gasteiger partial charge in [-0.15, -0.1) is 0 Å². The zero-order valence-corrected chi connectivity index (χ0v) is 12.4. The average Bonchev–Trinajstić information content (AvgIpc) is 2.47. The second kappa shape index (κ2) is 15.9. The maximum atomic E-state index is 10.7. The van der Waals surface area contributed by atoms with Crippen LogP contribution in [0, 0.1) is 0 Å². The number of carbonyl (C=O) groups excluding carboxylic acids is 2. The summed E-state index contributed by atoms with van der Waals surface area (Å²) >= 11 is 0. The number of hydroxylamine groups is 1. The van der Waals surface area contributed by atoms with E-state index >= 15 is 0 Å². The summed E-state index contributed by atoms with van der Waals surface area (Å²) in [5.41, 5.74) is 1.65. The van der Waals surface area contributed by atoms with Crippen molar-refractivity contribution in [1.29, 1.82) is 0 Å². The monoisotopic (exact) mass is 284 g/mol. The van der Waals surface area contributed by atoms with E-state index in [9.17, 15) is 9.59 Å². The number of rotatable bonds is 14. The third-order valence-corrected chi connectivity index (χ3v) is 3.36. The van der Waals surface area contributed by atoms with Gasteiger partial charge in [-0.25, -0.2) is 15.3 Å². The second-order valence-corrected chi connectivity index (χ2v) is 5.15. The van der Waals surface area contributed by atoms with Crippen molar-refractivity contribution in [3.63, 3.8) is 0 Å². The standard InChI is InChI=1S/C15H28N2O3/c18-14-16-13-11-9-7-5-3-1-2-4-6-8-10-12-15(19)17-20/h20H,1-13H2,(H,17,19). The molecule has 0 bridgehead atoms. The zero-order chi connectivity index (χ0) is 14.9. The first-order valence-corrected chi connectivity index (χ1v) is 7.78. The molecule has 0 heterocycles. The summed E-state index contributed by atoms with van der Waals surface area (Å²) in [6.45, 7) is 0.623. The summed E-state index contributed by atoms with van der Waals surface area (Å²) in [7, 11) is 0. The Kier molecular flexibility index (Phi) is 14.9. The number of hydrogen-bond acceptors (Lipinski definition) is 4. The van der Waals surface area contributed by atoms with Gasteiger partial charge in [0.1, 0.15) is 0 Å². The molecule has 0 unspecified atom stereocenters. The van der Waals surface area contributed by atoms with E-state index in [2.05, 4.69) is 4.99 Å². The minimum Gasteiger partial charge on any atom is -0.289 e. The molecule has 0 aliphatic carbocycles. The normalized spacial score (nSPS) is 10.1. The van der Waals surface area contributed by atoms with Crippen LogP contribution < -0.4 is 5.48 Å². The number of carbonyl (C=O) groups is 1. The summed E-state index contributed by atoms with van der Waals surface area (Å²) in [6.07, 6.45) is 14.8. The molecule has 0 aromatic heterocycles. The summed E-state index contributed by atoms with van der Waals surface area (Å²) < 4.78 is 0. The van der Waals surface area contributed by atoms with Crippen molar-refractivity contribution < 1.29 is 14.8 Å². The van der Waals surface area contributed by atoms with Crippen molar-refractivity contribution in [1.82, 2.24) is 5.48 Å². The van der Waals surface area contributed by atoms with Crippen LogP contribution in [0.25, 0.3) is 0 Å². The minimum absolute atomic E-state index is 0.288. The molecule has 0 aliphatic rings. The van der Waals surface area contributed by atoms with Crippen LogP contribution in [0.4, 0.5) is 0 Å². The van der Waals surface area contributed by atoms with E-state index in [0.717, 1.165) is 25.7 Å². The van der Waals surface area contributed by atoms with Crippen LogP contribution in [0.2, 0.25) is 0 Å². The number of nitrogens with one attached hydrogen (secondary N) is 1. The lowest BCUT2D eigenvalue weighted by Crippen LogP contribution is -2.17. The number of amides is 1. The van der Waals surface area contributed by atoms with E-state index in [1.165, 1.54) is 44.9 Å². The van der Waals surface area contributed by atoms with Crippen molar-refractivity contribution >= 4 is 12.0 Å². The molecule has 0 atom stereocenters. The Hall–Kier alpha value is -1.19. The van der Waals surface area contributed by atoms with E-state index < -0.39 is 0 Å². The average molecular weight is 284 g/mol.